The smallest absolute Gasteiger partial charge is 0.324 e. The number of nitrogens with zero attached hydrogens (tertiary/aromatic N) is 2. The fraction of sp³-hybridized carbons (Fsp3) is 0.190. The minimum Gasteiger partial charge on any atom is -0.329 e. The van der Waals surface area contributed by atoms with Crippen molar-refractivity contribution in [2.24, 2.45) is 0 Å². The average Bonchev–Trinajstić information content (AvgIpc) is 3.48. The van der Waals surface area contributed by atoms with Crippen molar-refractivity contribution in [3.63, 3.8) is 0 Å². The second kappa shape index (κ2) is 8.59. The lowest BCUT2D eigenvalue weighted by Gasteiger charge is -2.22. The van der Waals surface area contributed by atoms with Gasteiger partial charge in [-0.2, -0.15) is 0 Å². The minimum absolute atomic E-state index is 0.0207. The second-order valence-corrected chi connectivity index (χ2v) is 8.72. The Balaban J connectivity index is 1.55. The molecule has 4 rings (SSSR count). The molecule has 3 aromatic rings. The van der Waals surface area contributed by atoms with Crippen LogP contribution < -0.4 is 5.32 Å². The van der Waals surface area contributed by atoms with Gasteiger partial charge in [0.1, 0.15) is 0 Å². The van der Waals surface area contributed by atoms with Gasteiger partial charge in [0, 0.05) is 15.3 Å². The Morgan fingerprint density at radius 2 is 1.69 bits per heavy atom. The maximum Gasteiger partial charge on any atom is 0.324 e. The lowest BCUT2D eigenvalue weighted by atomic mass is 10.1. The summed E-state index contributed by atoms with van der Waals surface area (Å²) in [5, 5.41) is 6.51. The molecule has 0 saturated carbocycles. The highest BCUT2D eigenvalue weighted by Gasteiger charge is 2.28. The van der Waals surface area contributed by atoms with Crippen molar-refractivity contribution in [3.05, 3.63) is 80.2 Å². The molecule has 0 unspecified atom stereocenters. The zero-order chi connectivity index (χ0) is 20.2. The van der Waals surface area contributed by atoms with E-state index in [0.29, 0.717) is 18.7 Å². The van der Waals surface area contributed by atoms with Crippen molar-refractivity contribution in [1.82, 2.24) is 15.1 Å². The number of nitrogens with one attached hydrogen (secondary N) is 1. The number of thiophene rings is 2. The molecule has 0 spiro atoms. The van der Waals surface area contributed by atoms with Gasteiger partial charge in [-0.15, -0.1) is 22.7 Å². The minimum atomic E-state index is -0.399. The summed E-state index contributed by atoms with van der Waals surface area (Å²) in [5.74, 6) is -0.338. The Morgan fingerprint density at radius 3 is 2.24 bits per heavy atom. The lowest BCUT2D eigenvalue weighted by Crippen LogP contribution is -2.31. The Kier molecular flexibility index (Phi) is 5.73. The summed E-state index contributed by atoms with van der Waals surface area (Å²) in [6, 6.07) is 14.7. The fourth-order valence-electron chi connectivity index (χ4n) is 3.16. The molecule has 1 N–H and O–H groups in total. The van der Waals surface area contributed by atoms with Crippen LogP contribution in [0.2, 0.25) is 0 Å². The molecule has 29 heavy (non-hydrogen) atoms. The lowest BCUT2D eigenvalue weighted by molar-refractivity contribution is -0.125. The summed E-state index contributed by atoms with van der Waals surface area (Å²) in [7, 11) is 0. The van der Waals surface area contributed by atoms with Crippen LogP contribution in [0.4, 0.5) is 4.79 Å². The molecule has 1 aliphatic heterocycles. The van der Waals surface area contributed by atoms with Gasteiger partial charge in [0.25, 0.3) is 5.91 Å². The van der Waals surface area contributed by atoms with E-state index in [1.165, 1.54) is 4.90 Å². The molecule has 0 bridgehead atoms. The average molecular weight is 426 g/mol. The molecule has 1 aromatic carbocycles. The first-order valence-corrected chi connectivity index (χ1v) is 10.9. The van der Waals surface area contributed by atoms with E-state index in [1.54, 1.807) is 40.9 Å². The molecular formula is C21H19N3O3S2. The predicted octanol–water partition coefficient (Wildman–Crippen LogP) is 3.70. The van der Waals surface area contributed by atoms with Crippen LogP contribution >= 0.6 is 22.7 Å². The Bertz CT molecular complexity index is 963. The first kappa shape index (κ1) is 19.4. The van der Waals surface area contributed by atoms with E-state index in [0.717, 1.165) is 15.3 Å². The van der Waals surface area contributed by atoms with Gasteiger partial charge in [0.15, 0.2) is 0 Å². The quantitative estimate of drug-likeness (QED) is 0.587. The Labute approximate surface area is 176 Å². The van der Waals surface area contributed by atoms with E-state index >= 15 is 0 Å². The first-order chi connectivity index (χ1) is 14.1. The third-order valence-electron chi connectivity index (χ3n) is 4.59. The molecule has 1 fully saturated rings. The normalized spacial score (nSPS) is 13.6. The monoisotopic (exact) mass is 425 g/mol. The highest BCUT2D eigenvalue weighted by atomic mass is 32.1. The van der Waals surface area contributed by atoms with E-state index in [1.807, 2.05) is 46.0 Å². The SMILES string of the molecule is O=C(c1cccc(CN2C(=O)CNC2=O)c1)N(Cc1cccs1)Cc1cccs1. The molecule has 148 valence electrons. The molecule has 0 aliphatic carbocycles. The Morgan fingerprint density at radius 1 is 1.00 bits per heavy atom. The highest BCUT2D eigenvalue weighted by Crippen LogP contribution is 2.20. The molecule has 1 saturated heterocycles. The van der Waals surface area contributed by atoms with Gasteiger partial charge in [-0.05, 0) is 40.6 Å². The summed E-state index contributed by atoms with van der Waals surface area (Å²) in [5.41, 5.74) is 1.29. The zero-order valence-electron chi connectivity index (χ0n) is 15.5. The van der Waals surface area contributed by atoms with Gasteiger partial charge in [-0.3, -0.25) is 14.5 Å². The van der Waals surface area contributed by atoms with Crippen LogP contribution in [0.5, 0.6) is 0 Å². The first-order valence-electron chi connectivity index (χ1n) is 9.11. The molecule has 0 atom stereocenters. The van der Waals surface area contributed by atoms with Crippen LogP contribution in [-0.2, 0) is 24.4 Å². The largest absolute Gasteiger partial charge is 0.329 e. The topological polar surface area (TPSA) is 69.7 Å². The van der Waals surface area contributed by atoms with Gasteiger partial charge in [0.05, 0.1) is 26.2 Å². The van der Waals surface area contributed by atoms with E-state index in [2.05, 4.69) is 5.32 Å². The van der Waals surface area contributed by atoms with E-state index in [9.17, 15) is 14.4 Å². The summed E-state index contributed by atoms with van der Waals surface area (Å²) in [6.07, 6.45) is 0. The number of rotatable bonds is 7. The van der Waals surface area contributed by atoms with E-state index in [-0.39, 0.29) is 24.9 Å². The van der Waals surface area contributed by atoms with Crippen LogP contribution in [0, 0.1) is 0 Å². The van der Waals surface area contributed by atoms with Gasteiger partial charge >= 0.3 is 6.03 Å². The van der Waals surface area contributed by atoms with Crippen molar-refractivity contribution < 1.29 is 14.4 Å². The summed E-state index contributed by atoms with van der Waals surface area (Å²) < 4.78 is 0. The van der Waals surface area contributed by atoms with Crippen LogP contribution in [0.1, 0.15) is 25.7 Å². The molecule has 1 aliphatic rings. The van der Waals surface area contributed by atoms with Crippen molar-refractivity contribution in [1.29, 1.82) is 0 Å². The van der Waals surface area contributed by atoms with Gasteiger partial charge in [-0.1, -0.05) is 24.3 Å². The molecule has 4 amide bonds. The number of imide groups is 1. The number of hydrogen-bond acceptors (Lipinski definition) is 5. The second-order valence-electron chi connectivity index (χ2n) is 6.66. The number of hydrogen-bond donors (Lipinski definition) is 1. The molecular weight excluding hydrogens is 406 g/mol. The summed E-state index contributed by atoms with van der Waals surface area (Å²) in [4.78, 5) is 42.1. The van der Waals surface area contributed by atoms with Crippen LogP contribution in [-0.4, -0.2) is 34.2 Å². The maximum atomic E-state index is 13.3. The molecule has 8 heteroatoms. The fourth-order valence-corrected chi connectivity index (χ4v) is 4.60. The number of amides is 4. The molecule has 2 aromatic heterocycles. The number of carbonyl (C=O) groups is 3. The van der Waals surface area contributed by atoms with Crippen molar-refractivity contribution in [2.75, 3.05) is 6.54 Å². The summed E-state index contributed by atoms with van der Waals surface area (Å²) in [6.45, 7) is 1.24. The van der Waals surface area contributed by atoms with Crippen molar-refractivity contribution in [2.45, 2.75) is 19.6 Å². The van der Waals surface area contributed by atoms with Crippen molar-refractivity contribution in [3.8, 4) is 0 Å². The van der Waals surface area contributed by atoms with Gasteiger partial charge < -0.3 is 10.2 Å². The summed E-state index contributed by atoms with van der Waals surface area (Å²) >= 11 is 3.24. The highest BCUT2D eigenvalue weighted by molar-refractivity contribution is 7.10. The number of urea groups is 1. The third kappa shape index (κ3) is 4.55. The predicted molar refractivity (Wildman–Crippen MR) is 113 cm³/mol. The van der Waals surface area contributed by atoms with Gasteiger partial charge in [0.2, 0.25) is 5.91 Å². The standard InChI is InChI=1S/C21H19N3O3S2/c25-19-11-22-21(27)24(19)12-15-4-1-5-16(10-15)20(26)23(13-17-6-2-8-28-17)14-18-7-3-9-29-18/h1-10H,11-14H2,(H,22,27). The molecule has 6 nitrogen and oxygen atoms in total. The maximum absolute atomic E-state index is 13.3. The van der Waals surface area contributed by atoms with Crippen LogP contribution in [0.25, 0.3) is 0 Å². The zero-order valence-corrected chi connectivity index (χ0v) is 17.2. The van der Waals surface area contributed by atoms with Crippen molar-refractivity contribution >= 4 is 40.5 Å². The number of benzene rings is 1. The van der Waals surface area contributed by atoms with E-state index < -0.39 is 6.03 Å². The molecule has 3 heterocycles. The van der Waals surface area contributed by atoms with Crippen LogP contribution in [0.15, 0.2) is 59.3 Å². The van der Waals surface area contributed by atoms with E-state index in [4.69, 9.17) is 0 Å². The molecule has 0 radical (unpaired) electrons. The number of carbonyl (C=O) groups excluding carboxylic acids is 3. The Hall–Kier alpha value is -2.97. The third-order valence-corrected chi connectivity index (χ3v) is 6.31. The van der Waals surface area contributed by atoms with Gasteiger partial charge in [-0.25, -0.2) is 4.79 Å². The van der Waals surface area contributed by atoms with Crippen LogP contribution in [0.3, 0.4) is 0 Å².